The van der Waals surface area contributed by atoms with Crippen LogP contribution in [-0.2, 0) is 15.2 Å². The number of aliphatic hydroxyl groups is 1. The van der Waals surface area contributed by atoms with Gasteiger partial charge >= 0.3 is 0 Å². The van der Waals surface area contributed by atoms with E-state index in [-0.39, 0.29) is 18.2 Å². The highest BCUT2D eigenvalue weighted by molar-refractivity contribution is 6.10. The molecule has 3 rings (SSSR count). The molecule has 2 aromatic rings. The summed E-state index contributed by atoms with van der Waals surface area (Å²) >= 11 is 0. The second-order valence-electron chi connectivity index (χ2n) is 6.53. The van der Waals surface area contributed by atoms with Crippen LogP contribution in [0.5, 0.6) is 0 Å². The van der Waals surface area contributed by atoms with Crippen molar-refractivity contribution in [3.63, 3.8) is 0 Å². The predicted octanol–water partition coefficient (Wildman–Crippen LogP) is 3.30. The molecule has 1 N–H and O–H groups in total. The average Bonchev–Trinajstić information content (AvgIpc) is 2.82. The van der Waals surface area contributed by atoms with E-state index in [4.69, 9.17) is 0 Å². The van der Waals surface area contributed by atoms with Gasteiger partial charge in [0, 0.05) is 11.6 Å². The van der Waals surface area contributed by atoms with Crippen molar-refractivity contribution in [2.75, 3.05) is 4.90 Å². The molecule has 1 heterocycles. The molecule has 4 nitrogen and oxygen atoms in total. The fourth-order valence-electron chi connectivity index (χ4n) is 3.21. The standard InChI is InChI=1S/C21H21NO3/c1-15(2)22-19-11-7-6-10-18(19)21(25,20(22)24)14-17(23)13-12-16-8-4-3-5-9-16/h3-13,15,25H,14H2,1-2H3/b13-12+. The quantitative estimate of drug-likeness (QED) is 0.853. The third-order valence-electron chi connectivity index (χ3n) is 4.39. The van der Waals surface area contributed by atoms with Crippen molar-refractivity contribution in [2.24, 2.45) is 0 Å². The Morgan fingerprint density at radius 1 is 1.12 bits per heavy atom. The van der Waals surface area contributed by atoms with Gasteiger partial charge in [0.1, 0.15) is 0 Å². The van der Waals surface area contributed by atoms with Crippen molar-refractivity contribution in [3.05, 3.63) is 71.8 Å². The summed E-state index contributed by atoms with van der Waals surface area (Å²) in [6.45, 7) is 3.77. The topological polar surface area (TPSA) is 57.6 Å². The van der Waals surface area contributed by atoms with E-state index in [1.807, 2.05) is 50.2 Å². The van der Waals surface area contributed by atoms with Crippen molar-refractivity contribution in [3.8, 4) is 0 Å². The van der Waals surface area contributed by atoms with Crippen LogP contribution >= 0.6 is 0 Å². The smallest absolute Gasteiger partial charge is 0.264 e. The fraction of sp³-hybridized carbons (Fsp3) is 0.238. The average molecular weight is 335 g/mol. The molecule has 4 heteroatoms. The highest BCUT2D eigenvalue weighted by Gasteiger charge is 2.51. The lowest BCUT2D eigenvalue weighted by Gasteiger charge is -2.25. The first kappa shape index (κ1) is 17.1. The van der Waals surface area contributed by atoms with Gasteiger partial charge in [-0.2, -0.15) is 0 Å². The second-order valence-corrected chi connectivity index (χ2v) is 6.53. The van der Waals surface area contributed by atoms with Gasteiger partial charge in [-0.15, -0.1) is 0 Å². The number of amides is 1. The number of carbonyl (C=O) groups excluding carboxylic acids is 2. The van der Waals surface area contributed by atoms with E-state index in [1.165, 1.54) is 6.08 Å². The maximum atomic E-state index is 12.8. The zero-order valence-electron chi connectivity index (χ0n) is 14.3. The number of rotatable bonds is 5. The van der Waals surface area contributed by atoms with Gasteiger partial charge in [-0.3, -0.25) is 9.59 Å². The van der Waals surface area contributed by atoms with E-state index in [0.29, 0.717) is 11.3 Å². The monoisotopic (exact) mass is 335 g/mol. The molecule has 0 fully saturated rings. The van der Waals surface area contributed by atoms with Gasteiger partial charge in [0.05, 0.1) is 12.1 Å². The Balaban J connectivity index is 1.87. The summed E-state index contributed by atoms with van der Waals surface area (Å²) in [5.74, 6) is -0.731. The molecule has 128 valence electrons. The lowest BCUT2D eigenvalue weighted by atomic mass is 9.89. The lowest BCUT2D eigenvalue weighted by Crippen LogP contribution is -2.44. The van der Waals surface area contributed by atoms with Gasteiger partial charge < -0.3 is 10.0 Å². The largest absolute Gasteiger partial charge is 0.375 e. The van der Waals surface area contributed by atoms with Gasteiger partial charge in [0.15, 0.2) is 11.4 Å². The molecule has 0 aromatic heterocycles. The van der Waals surface area contributed by atoms with Crippen LogP contribution in [0.25, 0.3) is 6.08 Å². The minimum absolute atomic E-state index is 0.0994. The summed E-state index contributed by atoms with van der Waals surface area (Å²) < 4.78 is 0. The summed E-state index contributed by atoms with van der Waals surface area (Å²) in [5.41, 5.74) is 0.253. The molecule has 1 atom stereocenters. The number of allylic oxidation sites excluding steroid dienone is 1. The normalized spacial score (nSPS) is 19.7. The van der Waals surface area contributed by atoms with Crippen molar-refractivity contribution < 1.29 is 14.7 Å². The zero-order valence-corrected chi connectivity index (χ0v) is 14.3. The molecule has 0 saturated carbocycles. The van der Waals surface area contributed by atoms with E-state index in [2.05, 4.69) is 0 Å². The Morgan fingerprint density at radius 3 is 2.44 bits per heavy atom. The summed E-state index contributed by atoms with van der Waals surface area (Å²) in [5, 5.41) is 11.1. The summed E-state index contributed by atoms with van der Waals surface area (Å²) in [6, 6.07) is 16.4. The number of anilines is 1. The van der Waals surface area contributed by atoms with Crippen LogP contribution in [0.4, 0.5) is 5.69 Å². The predicted molar refractivity (Wildman–Crippen MR) is 98.1 cm³/mol. The fourth-order valence-corrected chi connectivity index (χ4v) is 3.21. The first-order chi connectivity index (χ1) is 11.9. The van der Waals surface area contributed by atoms with E-state index in [9.17, 15) is 14.7 Å². The molecule has 0 saturated heterocycles. The molecule has 1 amide bonds. The number of hydrogen-bond donors (Lipinski definition) is 1. The summed E-state index contributed by atoms with van der Waals surface area (Å²) in [6.07, 6.45) is 2.84. The number of hydrogen-bond acceptors (Lipinski definition) is 3. The Bertz CT molecular complexity index is 826. The molecular formula is C21H21NO3. The van der Waals surface area contributed by atoms with Gasteiger partial charge in [-0.05, 0) is 31.6 Å². The molecule has 0 radical (unpaired) electrons. The number of fused-ring (bicyclic) bond motifs is 1. The Kier molecular flexibility index (Phi) is 4.55. The maximum absolute atomic E-state index is 12.8. The van der Waals surface area contributed by atoms with Crippen LogP contribution in [0.15, 0.2) is 60.7 Å². The highest BCUT2D eigenvalue weighted by Crippen LogP contribution is 2.43. The first-order valence-electron chi connectivity index (χ1n) is 8.35. The molecule has 2 aromatic carbocycles. The SMILES string of the molecule is CC(C)N1C(=O)C(O)(CC(=O)/C=C/c2ccccc2)c2ccccc21. The van der Waals surface area contributed by atoms with Crippen LogP contribution in [0.2, 0.25) is 0 Å². The molecule has 0 aliphatic carbocycles. The number of carbonyl (C=O) groups is 2. The minimum Gasteiger partial charge on any atom is -0.375 e. The molecule has 1 aliphatic heterocycles. The highest BCUT2D eigenvalue weighted by atomic mass is 16.3. The Labute approximate surface area is 147 Å². The van der Waals surface area contributed by atoms with Crippen molar-refractivity contribution in [2.45, 2.75) is 31.9 Å². The number of para-hydroxylation sites is 1. The van der Waals surface area contributed by atoms with Crippen LogP contribution < -0.4 is 4.90 Å². The summed E-state index contributed by atoms with van der Waals surface area (Å²) in [7, 11) is 0. The first-order valence-corrected chi connectivity index (χ1v) is 8.35. The van der Waals surface area contributed by atoms with Gasteiger partial charge in [0.2, 0.25) is 0 Å². The molecule has 0 spiro atoms. The third kappa shape index (κ3) is 3.13. The maximum Gasteiger partial charge on any atom is 0.264 e. The van der Waals surface area contributed by atoms with Crippen LogP contribution in [0.3, 0.4) is 0 Å². The van der Waals surface area contributed by atoms with E-state index in [0.717, 1.165) is 5.56 Å². The van der Waals surface area contributed by atoms with E-state index < -0.39 is 11.5 Å². The second kappa shape index (κ2) is 6.65. The molecular weight excluding hydrogens is 314 g/mol. The van der Waals surface area contributed by atoms with Crippen LogP contribution in [0.1, 0.15) is 31.4 Å². The van der Waals surface area contributed by atoms with E-state index in [1.54, 1.807) is 29.2 Å². The Morgan fingerprint density at radius 2 is 1.76 bits per heavy atom. The molecule has 25 heavy (non-hydrogen) atoms. The zero-order chi connectivity index (χ0) is 18.0. The van der Waals surface area contributed by atoms with Crippen LogP contribution in [-0.4, -0.2) is 22.8 Å². The van der Waals surface area contributed by atoms with Crippen LogP contribution in [0, 0.1) is 0 Å². The number of benzene rings is 2. The number of ketones is 1. The van der Waals surface area contributed by atoms with Crippen molar-refractivity contribution in [1.29, 1.82) is 0 Å². The van der Waals surface area contributed by atoms with Crippen molar-refractivity contribution in [1.82, 2.24) is 0 Å². The summed E-state index contributed by atoms with van der Waals surface area (Å²) in [4.78, 5) is 26.8. The third-order valence-corrected chi connectivity index (χ3v) is 4.39. The van der Waals surface area contributed by atoms with Gasteiger partial charge in [-0.25, -0.2) is 0 Å². The van der Waals surface area contributed by atoms with E-state index >= 15 is 0 Å². The molecule has 1 unspecified atom stereocenters. The lowest BCUT2D eigenvalue weighted by molar-refractivity contribution is -0.140. The van der Waals surface area contributed by atoms with Crippen molar-refractivity contribution >= 4 is 23.5 Å². The minimum atomic E-state index is -1.81. The van der Waals surface area contributed by atoms with Gasteiger partial charge in [0.25, 0.3) is 5.91 Å². The number of nitrogens with zero attached hydrogens (tertiary/aromatic N) is 1. The molecule has 0 bridgehead atoms. The van der Waals surface area contributed by atoms with Gasteiger partial charge in [-0.1, -0.05) is 54.6 Å². The molecule has 1 aliphatic rings. The Hall–Kier alpha value is -2.72.